The molecule has 1 heterocycles. The predicted molar refractivity (Wildman–Crippen MR) is 104 cm³/mol. The van der Waals surface area contributed by atoms with E-state index in [4.69, 9.17) is 0 Å². The smallest absolute Gasteiger partial charge is 0.196 e. The highest BCUT2D eigenvalue weighted by molar-refractivity contribution is 9.10. The molecule has 2 aromatic rings. The van der Waals surface area contributed by atoms with E-state index >= 15 is 0 Å². The van der Waals surface area contributed by atoms with Crippen molar-refractivity contribution in [3.8, 4) is 24.3 Å². The number of halogens is 2. The van der Waals surface area contributed by atoms with Crippen LogP contribution in [0.5, 0.6) is 0 Å². The van der Waals surface area contributed by atoms with Crippen molar-refractivity contribution >= 4 is 31.9 Å². The highest BCUT2D eigenvalue weighted by atomic mass is 79.9. The van der Waals surface area contributed by atoms with Gasteiger partial charge in [-0.1, -0.05) is 56.1 Å². The molecule has 5 nitrogen and oxygen atoms in total. The number of hydrogen-bond donors (Lipinski definition) is 1. The Morgan fingerprint density at radius 1 is 0.630 bits per heavy atom. The maximum atomic E-state index is 9.98. The minimum atomic E-state index is -1.87. The Labute approximate surface area is 173 Å². The molecule has 1 saturated heterocycles. The molecule has 3 rings (SSSR count). The van der Waals surface area contributed by atoms with E-state index in [1.54, 1.807) is 48.5 Å². The summed E-state index contributed by atoms with van der Waals surface area (Å²) in [5, 5.41) is 43.1. The van der Waals surface area contributed by atoms with Gasteiger partial charge in [-0.05, 0) is 35.4 Å². The van der Waals surface area contributed by atoms with Gasteiger partial charge in [0, 0.05) is 8.95 Å². The van der Waals surface area contributed by atoms with Crippen LogP contribution in [0.25, 0.3) is 0 Å². The number of hydrogen-bond acceptors (Lipinski definition) is 5. The molecule has 2 aromatic carbocycles. The van der Waals surface area contributed by atoms with Crippen LogP contribution in [-0.4, -0.2) is 0 Å². The molecular weight excluding hydrogens is 470 g/mol. The lowest BCUT2D eigenvalue weighted by Gasteiger charge is -2.29. The summed E-state index contributed by atoms with van der Waals surface area (Å²) in [6.07, 6.45) is 0. The minimum Gasteiger partial charge on any atom is -0.298 e. The maximum absolute atomic E-state index is 9.98. The Hall–Kier alpha value is -2.68. The second-order valence-electron chi connectivity index (χ2n) is 6.20. The molecule has 2 atom stereocenters. The van der Waals surface area contributed by atoms with Crippen molar-refractivity contribution in [1.82, 2.24) is 5.32 Å². The summed E-state index contributed by atoms with van der Waals surface area (Å²) in [5.74, 6) is 0. The van der Waals surface area contributed by atoms with Crippen LogP contribution in [0.15, 0.2) is 57.5 Å². The molecule has 27 heavy (non-hydrogen) atoms. The van der Waals surface area contributed by atoms with Gasteiger partial charge >= 0.3 is 0 Å². The molecule has 0 bridgehead atoms. The lowest BCUT2D eigenvalue weighted by Crippen LogP contribution is -2.39. The van der Waals surface area contributed by atoms with Crippen molar-refractivity contribution in [3.63, 3.8) is 0 Å². The molecule has 7 heteroatoms. The largest absolute Gasteiger partial charge is 0.298 e. The molecule has 1 N–H and O–H groups in total. The van der Waals surface area contributed by atoms with Gasteiger partial charge in [0.2, 0.25) is 0 Å². The quantitative estimate of drug-likeness (QED) is 0.672. The van der Waals surface area contributed by atoms with Crippen LogP contribution in [0.2, 0.25) is 0 Å². The predicted octanol–water partition coefficient (Wildman–Crippen LogP) is 4.66. The van der Waals surface area contributed by atoms with Gasteiger partial charge in [-0.2, -0.15) is 21.0 Å². The molecule has 1 aliphatic heterocycles. The average molecular weight is 481 g/mol. The first-order valence-electron chi connectivity index (χ1n) is 7.90. The number of nitrogens with zero attached hydrogens (tertiary/aromatic N) is 4. The summed E-state index contributed by atoms with van der Waals surface area (Å²) in [7, 11) is 0. The van der Waals surface area contributed by atoms with E-state index in [1.165, 1.54) is 0 Å². The lowest BCUT2D eigenvalue weighted by atomic mass is 9.61. The van der Waals surface area contributed by atoms with Crippen LogP contribution >= 0.6 is 31.9 Å². The van der Waals surface area contributed by atoms with Gasteiger partial charge in [0.05, 0.1) is 36.4 Å². The first-order chi connectivity index (χ1) is 13.0. The first-order valence-corrected chi connectivity index (χ1v) is 9.48. The van der Waals surface area contributed by atoms with Crippen LogP contribution in [0, 0.1) is 56.2 Å². The van der Waals surface area contributed by atoms with E-state index in [0.717, 1.165) is 8.95 Å². The third-order valence-electron chi connectivity index (χ3n) is 4.93. The molecule has 0 aliphatic carbocycles. The number of rotatable bonds is 2. The molecule has 1 aliphatic rings. The van der Waals surface area contributed by atoms with Crippen LogP contribution in [-0.2, 0) is 0 Å². The zero-order chi connectivity index (χ0) is 19.7. The second-order valence-corrected chi connectivity index (χ2v) is 8.03. The van der Waals surface area contributed by atoms with E-state index in [1.807, 2.05) is 24.3 Å². The van der Waals surface area contributed by atoms with Gasteiger partial charge in [0.1, 0.15) is 0 Å². The molecule has 0 aromatic heterocycles. The highest BCUT2D eigenvalue weighted by Crippen LogP contribution is 2.60. The van der Waals surface area contributed by atoms with Crippen molar-refractivity contribution < 1.29 is 0 Å². The van der Waals surface area contributed by atoms with Gasteiger partial charge in [0.15, 0.2) is 10.8 Å². The van der Waals surface area contributed by atoms with Crippen molar-refractivity contribution in [2.75, 3.05) is 0 Å². The van der Waals surface area contributed by atoms with Crippen molar-refractivity contribution in [3.05, 3.63) is 68.6 Å². The lowest BCUT2D eigenvalue weighted by molar-refractivity contribution is 0.311. The van der Waals surface area contributed by atoms with Gasteiger partial charge in [-0.15, -0.1) is 0 Å². The van der Waals surface area contributed by atoms with E-state index in [0.29, 0.717) is 11.1 Å². The third kappa shape index (κ3) is 2.73. The fourth-order valence-electron chi connectivity index (χ4n) is 3.54. The fourth-order valence-corrected chi connectivity index (χ4v) is 4.06. The molecule has 0 spiro atoms. The summed E-state index contributed by atoms with van der Waals surface area (Å²) < 4.78 is 1.69. The zero-order valence-electron chi connectivity index (χ0n) is 13.8. The van der Waals surface area contributed by atoms with Crippen molar-refractivity contribution in [2.45, 2.75) is 12.1 Å². The van der Waals surface area contributed by atoms with Crippen LogP contribution in [0.3, 0.4) is 0 Å². The SMILES string of the molecule is N#CC1(C#N)C(c2ccc(Br)cc2)NC(c2ccc(Br)cc2)C1(C#N)C#N. The Balaban J connectivity index is 2.26. The summed E-state index contributed by atoms with van der Waals surface area (Å²) in [4.78, 5) is 0. The molecule has 130 valence electrons. The van der Waals surface area contributed by atoms with E-state index in [-0.39, 0.29) is 0 Å². The third-order valence-corrected chi connectivity index (χ3v) is 5.99. The fraction of sp³-hybridized carbons (Fsp3) is 0.200. The van der Waals surface area contributed by atoms with E-state index in [2.05, 4.69) is 37.2 Å². The Bertz CT molecular complexity index is 919. The average Bonchev–Trinajstić information content (AvgIpc) is 3.00. The summed E-state index contributed by atoms with van der Waals surface area (Å²) in [6.45, 7) is 0. The van der Waals surface area contributed by atoms with Crippen LogP contribution < -0.4 is 5.32 Å². The molecular formula is C20H11Br2N5. The molecule has 1 fully saturated rings. The summed E-state index contributed by atoms with van der Waals surface area (Å²) in [5.41, 5.74) is -2.42. The van der Waals surface area contributed by atoms with E-state index in [9.17, 15) is 21.0 Å². The molecule has 0 saturated carbocycles. The van der Waals surface area contributed by atoms with Gasteiger partial charge < -0.3 is 0 Å². The summed E-state index contributed by atoms with van der Waals surface area (Å²) in [6, 6.07) is 20.7. The summed E-state index contributed by atoms with van der Waals surface area (Å²) >= 11 is 6.72. The van der Waals surface area contributed by atoms with Gasteiger partial charge in [0.25, 0.3) is 0 Å². The molecule has 2 unspecified atom stereocenters. The van der Waals surface area contributed by atoms with Crippen LogP contribution in [0.4, 0.5) is 0 Å². The standard InChI is InChI=1S/C20H11Br2N5/c21-15-5-1-13(2-6-15)17-19(9-23,10-24)20(11-25,12-26)18(27-17)14-3-7-16(22)8-4-14/h1-8,17-18,27H. The second kappa shape index (κ2) is 7.15. The van der Waals surface area contributed by atoms with Crippen molar-refractivity contribution in [2.24, 2.45) is 10.8 Å². The normalized spacial score (nSPS) is 22.0. The first kappa shape index (κ1) is 19.1. The van der Waals surface area contributed by atoms with E-state index < -0.39 is 22.9 Å². The number of nitriles is 4. The Kier molecular flexibility index (Phi) is 5.05. The number of nitrogens with one attached hydrogen (secondary N) is 1. The Morgan fingerprint density at radius 3 is 1.19 bits per heavy atom. The van der Waals surface area contributed by atoms with Crippen molar-refractivity contribution in [1.29, 1.82) is 21.0 Å². The molecule has 0 amide bonds. The van der Waals surface area contributed by atoms with Gasteiger partial charge in [-0.3, -0.25) is 5.32 Å². The van der Waals surface area contributed by atoms with Crippen LogP contribution in [0.1, 0.15) is 23.2 Å². The maximum Gasteiger partial charge on any atom is 0.196 e. The topological polar surface area (TPSA) is 107 Å². The highest BCUT2D eigenvalue weighted by Gasteiger charge is 2.69. The minimum absolute atomic E-state index is 0.663. The monoisotopic (exact) mass is 479 g/mol. The zero-order valence-corrected chi connectivity index (χ0v) is 17.0. The van der Waals surface area contributed by atoms with Gasteiger partial charge in [-0.25, -0.2) is 0 Å². The molecule has 0 radical (unpaired) electrons. The Morgan fingerprint density at radius 2 is 0.926 bits per heavy atom. The number of benzene rings is 2.